The first-order valence-electron chi connectivity index (χ1n) is 16.6. The van der Waals surface area contributed by atoms with Crippen LogP contribution in [0.15, 0.2) is 101 Å². The van der Waals surface area contributed by atoms with Crippen LogP contribution in [0, 0.1) is 5.41 Å². The number of rotatable bonds is 7. The number of aromatic nitrogens is 3. The lowest BCUT2D eigenvalue weighted by Gasteiger charge is -2.32. The van der Waals surface area contributed by atoms with Gasteiger partial charge in [0.25, 0.3) is 11.5 Å². The number of ether oxygens (including phenoxy) is 1. The van der Waals surface area contributed by atoms with E-state index in [0.29, 0.717) is 47.0 Å². The average Bonchev–Trinajstić information content (AvgIpc) is 3.57. The van der Waals surface area contributed by atoms with Gasteiger partial charge in [-0.05, 0) is 54.5 Å². The maximum absolute atomic E-state index is 14.2. The molecule has 4 heterocycles. The summed E-state index contributed by atoms with van der Waals surface area (Å²) in [5, 5.41) is 0. The number of esters is 1. The van der Waals surface area contributed by atoms with Gasteiger partial charge in [0.1, 0.15) is 23.3 Å². The van der Waals surface area contributed by atoms with Gasteiger partial charge in [-0.25, -0.2) is 9.98 Å². The average molecular weight is 654 g/mol. The predicted molar refractivity (Wildman–Crippen MR) is 191 cm³/mol. The van der Waals surface area contributed by atoms with E-state index < -0.39 is 12.1 Å². The zero-order valence-corrected chi connectivity index (χ0v) is 28.4. The van der Waals surface area contributed by atoms with Gasteiger partial charge in [0.05, 0.1) is 5.71 Å². The number of amides is 1. The standard InChI is InChI=1S/C40H39N5O4/c1-25(49-26(2)46)35-31(16-17-41-37(35)45-19-18-44-33(39(45)48)21-29-22-40(3,4)23-34(29)44)30-20-32(38(47)43(5)24-30)42-36(27-12-8-6-9-13-27)28-14-10-7-11-15-28/h6-17,20-21,24-25H,18-19,22-23H2,1-5H3. The first-order valence-corrected chi connectivity index (χ1v) is 16.6. The van der Waals surface area contributed by atoms with Crippen molar-refractivity contribution in [3.8, 4) is 11.1 Å². The van der Waals surface area contributed by atoms with E-state index in [-0.39, 0.29) is 22.6 Å². The second-order valence-corrected chi connectivity index (χ2v) is 13.7. The Labute approximate surface area is 285 Å². The van der Waals surface area contributed by atoms with Gasteiger partial charge in [-0.1, -0.05) is 74.5 Å². The highest BCUT2D eigenvalue weighted by Gasteiger charge is 2.38. The number of pyridine rings is 2. The van der Waals surface area contributed by atoms with E-state index in [2.05, 4.69) is 18.4 Å². The number of benzene rings is 2. The lowest BCUT2D eigenvalue weighted by Crippen LogP contribution is -2.42. The molecule has 2 aromatic carbocycles. The highest BCUT2D eigenvalue weighted by Crippen LogP contribution is 2.41. The summed E-state index contributed by atoms with van der Waals surface area (Å²) in [6, 6.07) is 25.1. The summed E-state index contributed by atoms with van der Waals surface area (Å²) in [7, 11) is 1.69. The molecule has 9 heteroatoms. The SMILES string of the molecule is CC(=O)OC(C)c1c(-c2cc(N=C(c3ccccc3)c3ccccc3)c(=O)n(C)c2)ccnc1N1CCn2c(cc3c2CC(C)(C)C3)C1=O. The van der Waals surface area contributed by atoms with E-state index in [9.17, 15) is 14.4 Å². The third kappa shape index (κ3) is 6.01. The quantitative estimate of drug-likeness (QED) is 0.142. The van der Waals surface area contributed by atoms with E-state index in [4.69, 9.17) is 14.7 Å². The molecule has 1 aliphatic carbocycles. The molecule has 9 nitrogen and oxygen atoms in total. The molecule has 49 heavy (non-hydrogen) atoms. The normalized spacial score (nSPS) is 15.4. The zero-order valence-electron chi connectivity index (χ0n) is 28.4. The minimum Gasteiger partial charge on any atom is -0.458 e. The molecular weight excluding hydrogens is 614 g/mol. The third-order valence-corrected chi connectivity index (χ3v) is 9.40. The summed E-state index contributed by atoms with van der Waals surface area (Å²) >= 11 is 0. The van der Waals surface area contributed by atoms with Gasteiger partial charge in [0, 0.05) is 67.4 Å². The second-order valence-electron chi connectivity index (χ2n) is 13.7. The van der Waals surface area contributed by atoms with Crippen molar-refractivity contribution in [2.75, 3.05) is 11.4 Å². The lowest BCUT2D eigenvalue weighted by atomic mass is 9.90. The van der Waals surface area contributed by atoms with Gasteiger partial charge in [-0.3, -0.25) is 19.3 Å². The molecule has 7 rings (SSSR count). The molecule has 1 unspecified atom stereocenters. The monoisotopic (exact) mass is 653 g/mol. The van der Waals surface area contributed by atoms with E-state index in [1.54, 1.807) is 37.3 Å². The van der Waals surface area contributed by atoms with Crippen LogP contribution in [0.5, 0.6) is 0 Å². The van der Waals surface area contributed by atoms with Crippen molar-refractivity contribution >= 4 is 29.1 Å². The smallest absolute Gasteiger partial charge is 0.303 e. The highest BCUT2D eigenvalue weighted by molar-refractivity contribution is 6.14. The first-order chi connectivity index (χ1) is 23.5. The largest absolute Gasteiger partial charge is 0.458 e. The minimum absolute atomic E-state index is 0.138. The molecule has 0 N–H and O–H groups in total. The Morgan fingerprint density at radius 2 is 1.61 bits per heavy atom. The fourth-order valence-corrected chi connectivity index (χ4v) is 7.28. The molecule has 2 aliphatic rings. The fraction of sp³-hybridized carbons (Fsp3) is 0.275. The number of carbonyl (C=O) groups excluding carboxylic acids is 2. The Kier molecular flexibility index (Phi) is 8.14. The van der Waals surface area contributed by atoms with Crippen LogP contribution in [0.2, 0.25) is 0 Å². The van der Waals surface area contributed by atoms with Gasteiger partial charge < -0.3 is 13.9 Å². The summed E-state index contributed by atoms with van der Waals surface area (Å²) in [6.07, 6.45) is 4.53. The second kappa shape index (κ2) is 12.5. The van der Waals surface area contributed by atoms with Crippen LogP contribution in [-0.2, 0) is 36.0 Å². The number of hydrogen-bond acceptors (Lipinski definition) is 6. The van der Waals surface area contributed by atoms with Crippen LogP contribution in [0.25, 0.3) is 11.1 Å². The first kappa shape index (κ1) is 32.0. The topological polar surface area (TPSA) is 98.8 Å². The van der Waals surface area contributed by atoms with E-state index in [0.717, 1.165) is 24.0 Å². The van der Waals surface area contributed by atoms with Crippen LogP contribution in [0.4, 0.5) is 11.5 Å². The predicted octanol–water partition coefficient (Wildman–Crippen LogP) is 6.83. The number of carbonyl (C=O) groups is 2. The van der Waals surface area contributed by atoms with Crippen LogP contribution < -0.4 is 10.5 Å². The van der Waals surface area contributed by atoms with Crippen molar-refractivity contribution in [1.82, 2.24) is 14.1 Å². The van der Waals surface area contributed by atoms with Crippen LogP contribution >= 0.6 is 0 Å². The molecule has 248 valence electrons. The molecule has 1 atom stereocenters. The number of anilines is 1. The molecule has 0 spiro atoms. The summed E-state index contributed by atoms with van der Waals surface area (Å²) in [5.74, 6) is -0.162. The number of fused-ring (bicyclic) bond motifs is 3. The Morgan fingerprint density at radius 1 is 0.939 bits per heavy atom. The molecule has 1 aliphatic heterocycles. The molecular formula is C40H39N5O4. The van der Waals surface area contributed by atoms with Crippen molar-refractivity contribution in [3.63, 3.8) is 0 Å². The van der Waals surface area contributed by atoms with E-state index in [1.807, 2.05) is 72.8 Å². The van der Waals surface area contributed by atoms with Crippen LogP contribution in [-0.4, -0.2) is 38.3 Å². The summed E-state index contributed by atoms with van der Waals surface area (Å²) < 4.78 is 9.42. The number of nitrogens with zero attached hydrogens (tertiary/aromatic N) is 5. The van der Waals surface area contributed by atoms with E-state index in [1.165, 1.54) is 22.7 Å². The fourth-order valence-electron chi connectivity index (χ4n) is 7.28. The Hall–Kier alpha value is -5.57. The molecule has 3 aromatic heterocycles. The van der Waals surface area contributed by atoms with Gasteiger partial charge in [-0.2, -0.15) is 0 Å². The molecule has 0 fully saturated rings. The zero-order chi connectivity index (χ0) is 34.4. The minimum atomic E-state index is -0.739. The lowest BCUT2D eigenvalue weighted by molar-refractivity contribution is -0.145. The van der Waals surface area contributed by atoms with Crippen molar-refractivity contribution < 1.29 is 14.3 Å². The molecule has 5 aromatic rings. The van der Waals surface area contributed by atoms with E-state index >= 15 is 0 Å². The third-order valence-electron chi connectivity index (χ3n) is 9.40. The van der Waals surface area contributed by atoms with Gasteiger partial charge in [0.15, 0.2) is 0 Å². The maximum atomic E-state index is 14.2. The van der Waals surface area contributed by atoms with Crippen LogP contribution in [0.1, 0.15) is 72.2 Å². The summed E-state index contributed by atoms with van der Waals surface area (Å²) in [5.41, 5.74) is 7.64. The number of aryl methyl sites for hydroxylation is 1. The van der Waals surface area contributed by atoms with Gasteiger partial charge in [0.2, 0.25) is 0 Å². The Bertz CT molecular complexity index is 2140. The van der Waals surface area contributed by atoms with Crippen molar-refractivity contribution in [2.45, 2.75) is 53.2 Å². The van der Waals surface area contributed by atoms with Crippen LogP contribution in [0.3, 0.4) is 0 Å². The van der Waals surface area contributed by atoms with Crippen molar-refractivity contribution in [1.29, 1.82) is 0 Å². The maximum Gasteiger partial charge on any atom is 0.303 e. The highest BCUT2D eigenvalue weighted by atomic mass is 16.5. The Morgan fingerprint density at radius 3 is 2.27 bits per heavy atom. The summed E-state index contributed by atoms with van der Waals surface area (Å²) in [6.45, 7) is 8.72. The number of aliphatic imine (C=N–C) groups is 1. The number of hydrogen-bond donors (Lipinski definition) is 0. The van der Waals surface area contributed by atoms with Crippen molar-refractivity contribution in [3.05, 3.63) is 135 Å². The van der Waals surface area contributed by atoms with Gasteiger partial charge in [-0.15, -0.1) is 0 Å². The van der Waals surface area contributed by atoms with Crippen molar-refractivity contribution in [2.24, 2.45) is 17.5 Å². The Balaban J connectivity index is 1.36. The molecule has 0 radical (unpaired) electrons. The molecule has 0 saturated heterocycles. The molecule has 0 saturated carbocycles. The van der Waals surface area contributed by atoms with Gasteiger partial charge >= 0.3 is 5.97 Å². The summed E-state index contributed by atoms with van der Waals surface area (Å²) in [4.78, 5) is 51.4. The molecule has 0 bridgehead atoms. The molecule has 1 amide bonds.